The van der Waals surface area contributed by atoms with Crippen molar-refractivity contribution in [2.75, 3.05) is 11.5 Å². The monoisotopic (exact) mass is 374 g/mol. The van der Waals surface area contributed by atoms with Crippen molar-refractivity contribution in [2.45, 2.75) is 25.7 Å². The summed E-state index contributed by atoms with van der Waals surface area (Å²) in [6.07, 6.45) is 6.01. The van der Waals surface area contributed by atoms with Gasteiger partial charge in [-0.15, -0.1) is 0 Å². The Kier molecular flexibility index (Phi) is 3.62. The number of pyridine rings is 1. The first-order valence-electron chi connectivity index (χ1n) is 9.11. The van der Waals surface area contributed by atoms with Gasteiger partial charge >= 0.3 is 0 Å². The van der Waals surface area contributed by atoms with Crippen LogP contribution >= 0.6 is 11.3 Å². The third kappa shape index (κ3) is 2.48. The molecule has 0 radical (unpaired) electrons. The summed E-state index contributed by atoms with van der Waals surface area (Å²) in [6.45, 7) is 0. The van der Waals surface area contributed by atoms with Gasteiger partial charge in [0.25, 0.3) is 0 Å². The van der Waals surface area contributed by atoms with Gasteiger partial charge in [-0.25, -0.2) is 9.97 Å². The number of aromatic nitrogens is 2. The summed E-state index contributed by atoms with van der Waals surface area (Å²) >= 11 is 1.51. The minimum absolute atomic E-state index is 0.592. The van der Waals surface area contributed by atoms with E-state index in [4.69, 9.17) is 21.9 Å². The van der Waals surface area contributed by atoms with Crippen molar-refractivity contribution in [3.05, 3.63) is 47.0 Å². The number of thiazole rings is 1. The molecule has 5 nitrogen and oxygen atoms in total. The van der Waals surface area contributed by atoms with Crippen molar-refractivity contribution < 1.29 is 5.41 Å². The molecule has 0 aliphatic heterocycles. The van der Waals surface area contributed by atoms with E-state index in [1.807, 2.05) is 18.2 Å². The molecule has 0 saturated carbocycles. The molecule has 1 aliphatic rings. The summed E-state index contributed by atoms with van der Waals surface area (Å²) in [5.41, 5.74) is 20.4. The number of nitrogens with zero attached hydrogens (tertiary/aromatic N) is 2. The van der Waals surface area contributed by atoms with E-state index in [0.29, 0.717) is 10.8 Å². The molecule has 2 aromatic carbocycles. The highest BCUT2D eigenvalue weighted by Crippen LogP contribution is 2.38. The van der Waals surface area contributed by atoms with Crippen LogP contribution in [0.2, 0.25) is 0 Å². The summed E-state index contributed by atoms with van der Waals surface area (Å²) in [5.74, 6) is 0. The Labute approximate surface area is 160 Å². The van der Waals surface area contributed by atoms with Gasteiger partial charge in [0.1, 0.15) is 0 Å². The number of hydrogen-bond donors (Lipinski definition) is 3. The van der Waals surface area contributed by atoms with E-state index in [9.17, 15) is 0 Å². The summed E-state index contributed by atoms with van der Waals surface area (Å²) < 4.78 is 1.09. The smallest absolute Gasteiger partial charge is 0.181 e. The van der Waals surface area contributed by atoms with Crippen molar-refractivity contribution >= 4 is 49.5 Å². The lowest BCUT2D eigenvalue weighted by Gasteiger charge is -2.22. The Morgan fingerprint density at radius 2 is 1.74 bits per heavy atom. The molecule has 2 heterocycles. The molecule has 0 amide bonds. The predicted octanol–water partition coefficient (Wildman–Crippen LogP) is 2.73. The molecule has 134 valence electrons. The second-order valence-corrected chi connectivity index (χ2v) is 8.05. The van der Waals surface area contributed by atoms with Gasteiger partial charge in [-0.05, 0) is 61.1 Å². The lowest BCUT2D eigenvalue weighted by atomic mass is 9.85. The van der Waals surface area contributed by atoms with Crippen LogP contribution in [-0.4, -0.2) is 16.2 Å². The van der Waals surface area contributed by atoms with Gasteiger partial charge in [0.05, 0.1) is 27.0 Å². The highest BCUT2D eigenvalue weighted by molar-refractivity contribution is 7.22. The maximum Gasteiger partial charge on any atom is 0.181 e. The van der Waals surface area contributed by atoms with Gasteiger partial charge in [-0.1, -0.05) is 17.4 Å². The first-order chi connectivity index (χ1) is 13.2. The summed E-state index contributed by atoms with van der Waals surface area (Å²) in [4.78, 5) is 9.41. The number of fused-ring (bicyclic) bond motifs is 4. The zero-order valence-electron chi connectivity index (χ0n) is 14.8. The summed E-state index contributed by atoms with van der Waals surface area (Å²) in [7, 11) is 0. The molecule has 0 fully saturated rings. The normalized spacial score (nSPS) is 13.8. The fourth-order valence-corrected chi connectivity index (χ4v) is 4.95. The molecule has 5 rings (SSSR count). The van der Waals surface area contributed by atoms with Gasteiger partial charge in [0.15, 0.2) is 11.3 Å². The molecule has 6 heteroatoms. The van der Waals surface area contributed by atoms with E-state index < -0.39 is 0 Å². The zero-order chi connectivity index (χ0) is 18.5. The number of rotatable bonds is 2. The average molecular weight is 374 g/mol. The van der Waals surface area contributed by atoms with E-state index in [0.717, 1.165) is 50.8 Å². The maximum atomic E-state index is 6.19. The van der Waals surface area contributed by atoms with Gasteiger partial charge in [-0.2, -0.15) is 0 Å². The van der Waals surface area contributed by atoms with Gasteiger partial charge in [0, 0.05) is 16.6 Å². The minimum atomic E-state index is 0.592. The van der Waals surface area contributed by atoms with Crippen molar-refractivity contribution in [3.63, 3.8) is 0 Å². The Morgan fingerprint density at radius 3 is 2.56 bits per heavy atom. The second kappa shape index (κ2) is 6.03. The highest BCUT2D eigenvalue weighted by Gasteiger charge is 2.22. The van der Waals surface area contributed by atoms with E-state index in [-0.39, 0.29) is 0 Å². The molecule has 27 heavy (non-hydrogen) atoms. The first kappa shape index (κ1) is 16.2. The van der Waals surface area contributed by atoms with Gasteiger partial charge in [-0.3, -0.25) is 5.41 Å². The Morgan fingerprint density at radius 1 is 0.963 bits per heavy atom. The Bertz CT molecular complexity index is 1220. The molecule has 6 N–H and O–H groups in total. The molecule has 4 aromatic rings. The second-order valence-electron chi connectivity index (χ2n) is 6.99. The molecular weight excluding hydrogens is 354 g/mol. The fraction of sp³-hybridized carbons (Fsp3) is 0.190. The van der Waals surface area contributed by atoms with Crippen molar-refractivity contribution in [1.82, 2.24) is 9.97 Å². The fourth-order valence-electron chi connectivity index (χ4n) is 4.17. The zero-order valence-corrected chi connectivity index (χ0v) is 15.6. The summed E-state index contributed by atoms with van der Waals surface area (Å²) in [5, 5.41) is 7.62. The number of nitrogen functional groups attached to an aromatic ring is 2. The molecule has 0 bridgehead atoms. The van der Waals surface area contributed by atoms with Crippen LogP contribution in [0.1, 0.15) is 29.5 Å². The van der Waals surface area contributed by atoms with E-state index >= 15 is 0 Å². The Hall–Kier alpha value is -2.99. The van der Waals surface area contributed by atoms with Crippen LogP contribution < -0.4 is 16.9 Å². The molecule has 1 aliphatic carbocycles. The van der Waals surface area contributed by atoms with Crippen molar-refractivity contribution in [3.8, 4) is 11.3 Å². The van der Waals surface area contributed by atoms with Crippen LogP contribution in [0.5, 0.6) is 0 Å². The summed E-state index contributed by atoms with van der Waals surface area (Å²) in [6, 6.07) is 10.2. The quantitative estimate of drug-likeness (QED) is 0.371. The van der Waals surface area contributed by atoms with Crippen LogP contribution in [-0.2, 0) is 12.8 Å². The maximum absolute atomic E-state index is 6.19. The molecule has 0 spiro atoms. The number of nitrogens with two attached hydrogens (primary N) is 3. The third-order valence-corrected chi connectivity index (χ3v) is 6.24. The van der Waals surface area contributed by atoms with Crippen LogP contribution in [0.3, 0.4) is 0 Å². The van der Waals surface area contributed by atoms with Gasteiger partial charge in [0.2, 0.25) is 0 Å². The number of hydrogen-bond acceptors (Lipinski definition) is 5. The number of benzene rings is 2. The van der Waals surface area contributed by atoms with Crippen LogP contribution in [0.4, 0.5) is 10.8 Å². The van der Waals surface area contributed by atoms with Crippen LogP contribution in [0, 0.1) is 0 Å². The van der Waals surface area contributed by atoms with E-state index in [1.54, 1.807) is 6.21 Å². The van der Waals surface area contributed by atoms with Crippen LogP contribution in [0.25, 0.3) is 32.4 Å². The largest absolute Gasteiger partial charge is 0.398 e. The van der Waals surface area contributed by atoms with E-state index in [1.165, 1.54) is 35.3 Å². The van der Waals surface area contributed by atoms with Crippen molar-refractivity contribution in [2.24, 2.45) is 0 Å². The van der Waals surface area contributed by atoms with Crippen LogP contribution in [0.15, 0.2) is 30.3 Å². The topological polar surface area (TPSA) is 103 Å². The molecule has 0 saturated heterocycles. The molecule has 0 atom stereocenters. The molecule has 2 aromatic heterocycles. The predicted molar refractivity (Wildman–Crippen MR) is 113 cm³/mol. The number of anilines is 2. The highest BCUT2D eigenvalue weighted by atomic mass is 32.1. The molecular formula is C21H20N5S+. The SMILES string of the molecule is Nc1nc2ccc(-c3nc4ccc(N)c(C=[NH2+])c4c4c3CCCC4)cc2s1. The molecule has 0 unspecified atom stereocenters. The lowest BCUT2D eigenvalue weighted by Crippen LogP contribution is -2.30. The standard InChI is InChI=1S/C21H19N5S/c22-10-14-15(23)6-8-17-19(14)12-3-1-2-4-13(12)20(25-17)11-5-7-16-18(9-11)27-21(24)26-16/h5-10,22H,1-4,23H2,(H2,24,26)/p+1. The third-order valence-electron chi connectivity index (χ3n) is 5.39. The Balaban J connectivity index is 1.84. The lowest BCUT2D eigenvalue weighted by molar-refractivity contribution is -0.104. The first-order valence-corrected chi connectivity index (χ1v) is 9.92. The minimum Gasteiger partial charge on any atom is -0.398 e. The van der Waals surface area contributed by atoms with Crippen molar-refractivity contribution in [1.29, 1.82) is 0 Å². The van der Waals surface area contributed by atoms with Gasteiger partial charge < -0.3 is 11.5 Å². The number of aryl methyl sites for hydroxylation is 1. The van der Waals surface area contributed by atoms with E-state index in [2.05, 4.69) is 17.1 Å². The average Bonchev–Trinajstić information content (AvgIpc) is 3.06.